The molecule has 0 amide bonds. The fraction of sp³-hybridized carbons (Fsp3) is 0.600. The molecular weight excluding hydrogens is 264 g/mol. The Labute approximate surface area is 118 Å². The van der Waals surface area contributed by atoms with Gasteiger partial charge in [0.1, 0.15) is 5.75 Å². The molecule has 2 rings (SSSR count). The zero-order valence-corrected chi connectivity index (χ0v) is 11.8. The molecule has 0 saturated heterocycles. The van der Waals surface area contributed by atoms with E-state index in [1.807, 2.05) is 13.0 Å². The molecule has 3 unspecified atom stereocenters. The molecule has 0 aromatic heterocycles. The second-order valence-electron chi connectivity index (χ2n) is 5.21. The van der Waals surface area contributed by atoms with E-state index < -0.39 is 6.61 Å². The smallest absolute Gasteiger partial charge is 0.387 e. The number of rotatable bonds is 6. The number of halogens is 2. The van der Waals surface area contributed by atoms with E-state index in [-0.39, 0.29) is 11.8 Å². The summed E-state index contributed by atoms with van der Waals surface area (Å²) in [5, 5.41) is 3.52. The Kier molecular flexibility index (Phi) is 5.31. The molecule has 0 heterocycles. The average molecular weight is 285 g/mol. The molecule has 1 N–H and O–H groups in total. The highest BCUT2D eigenvalue weighted by molar-refractivity contribution is 5.30. The van der Waals surface area contributed by atoms with Gasteiger partial charge in [-0.2, -0.15) is 8.78 Å². The summed E-state index contributed by atoms with van der Waals surface area (Å²) in [5.74, 6) is 0.201. The maximum absolute atomic E-state index is 12.2. The number of hydrogen-bond donors (Lipinski definition) is 1. The van der Waals surface area contributed by atoms with Gasteiger partial charge in [0.2, 0.25) is 0 Å². The van der Waals surface area contributed by atoms with Crippen molar-refractivity contribution < 1.29 is 18.3 Å². The molecule has 20 heavy (non-hydrogen) atoms. The Hall–Kier alpha value is -1.20. The topological polar surface area (TPSA) is 30.5 Å². The molecule has 1 fully saturated rings. The standard InChI is InChI=1S/C15H21F2NO2/c1-10(18-12-6-7-13(9-12)19-2)11-4-3-5-14(8-11)20-15(16)17/h3-5,8,10,12-13,15,18H,6-7,9H2,1-2H3. The largest absolute Gasteiger partial charge is 0.435 e. The number of hydrogen-bond acceptors (Lipinski definition) is 3. The van der Waals surface area contributed by atoms with Crippen molar-refractivity contribution in [3.63, 3.8) is 0 Å². The molecule has 5 heteroatoms. The monoisotopic (exact) mass is 285 g/mol. The van der Waals surface area contributed by atoms with E-state index >= 15 is 0 Å². The molecule has 112 valence electrons. The van der Waals surface area contributed by atoms with E-state index in [0.717, 1.165) is 24.8 Å². The minimum absolute atomic E-state index is 0.0943. The summed E-state index contributed by atoms with van der Waals surface area (Å²) in [7, 11) is 1.74. The van der Waals surface area contributed by atoms with Gasteiger partial charge >= 0.3 is 6.61 Å². The first kappa shape index (κ1) is 15.2. The lowest BCUT2D eigenvalue weighted by Crippen LogP contribution is -2.29. The van der Waals surface area contributed by atoms with Crippen LogP contribution in [0.1, 0.15) is 37.8 Å². The van der Waals surface area contributed by atoms with E-state index in [9.17, 15) is 8.78 Å². The normalized spacial score (nSPS) is 24.1. The van der Waals surface area contributed by atoms with Crippen molar-refractivity contribution in [2.75, 3.05) is 7.11 Å². The van der Waals surface area contributed by atoms with Crippen molar-refractivity contribution in [3.8, 4) is 5.75 Å². The predicted molar refractivity (Wildman–Crippen MR) is 73.1 cm³/mol. The fourth-order valence-corrected chi connectivity index (χ4v) is 2.72. The van der Waals surface area contributed by atoms with Crippen LogP contribution in [0.5, 0.6) is 5.75 Å². The number of nitrogens with one attached hydrogen (secondary N) is 1. The lowest BCUT2D eigenvalue weighted by Gasteiger charge is -2.20. The van der Waals surface area contributed by atoms with E-state index in [4.69, 9.17) is 4.74 Å². The van der Waals surface area contributed by atoms with Crippen molar-refractivity contribution in [1.29, 1.82) is 0 Å². The quantitative estimate of drug-likeness (QED) is 0.867. The Morgan fingerprint density at radius 1 is 1.30 bits per heavy atom. The van der Waals surface area contributed by atoms with Crippen LogP contribution < -0.4 is 10.1 Å². The fourth-order valence-electron chi connectivity index (χ4n) is 2.72. The van der Waals surface area contributed by atoms with Gasteiger partial charge in [0.05, 0.1) is 6.10 Å². The van der Waals surface area contributed by atoms with Crippen LogP contribution in [0.25, 0.3) is 0 Å². The number of methoxy groups -OCH3 is 1. The number of alkyl halides is 2. The molecule has 1 aliphatic rings. The van der Waals surface area contributed by atoms with E-state index in [1.54, 1.807) is 25.3 Å². The van der Waals surface area contributed by atoms with Gasteiger partial charge in [0.25, 0.3) is 0 Å². The molecule has 0 aliphatic heterocycles. The van der Waals surface area contributed by atoms with Crippen molar-refractivity contribution in [3.05, 3.63) is 29.8 Å². The summed E-state index contributed by atoms with van der Waals surface area (Å²) in [6, 6.07) is 7.36. The highest BCUT2D eigenvalue weighted by Crippen LogP contribution is 2.26. The van der Waals surface area contributed by atoms with Crippen LogP contribution in [0.4, 0.5) is 8.78 Å². The minimum atomic E-state index is -2.79. The summed E-state index contributed by atoms with van der Waals surface area (Å²) in [4.78, 5) is 0. The maximum atomic E-state index is 12.2. The van der Waals surface area contributed by atoms with Crippen molar-refractivity contribution in [1.82, 2.24) is 5.32 Å². The van der Waals surface area contributed by atoms with Gasteiger partial charge in [-0.3, -0.25) is 0 Å². The highest BCUT2D eigenvalue weighted by Gasteiger charge is 2.25. The third-order valence-electron chi connectivity index (χ3n) is 3.79. The summed E-state index contributed by atoms with van der Waals surface area (Å²) in [6.07, 6.45) is 3.47. The first-order chi connectivity index (χ1) is 9.58. The maximum Gasteiger partial charge on any atom is 0.387 e. The van der Waals surface area contributed by atoms with Gasteiger partial charge in [0.15, 0.2) is 0 Å². The van der Waals surface area contributed by atoms with E-state index in [0.29, 0.717) is 12.1 Å². The van der Waals surface area contributed by atoms with E-state index in [1.165, 1.54) is 0 Å². The molecule has 1 aromatic carbocycles. The van der Waals surface area contributed by atoms with E-state index in [2.05, 4.69) is 10.1 Å². The van der Waals surface area contributed by atoms with Crippen molar-refractivity contribution in [2.24, 2.45) is 0 Å². The lowest BCUT2D eigenvalue weighted by molar-refractivity contribution is -0.0499. The molecule has 3 nitrogen and oxygen atoms in total. The van der Waals surface area contributed by atoms with Crippen LogP contribution in [-0.4, -0.2) is 25.9 Å². The first-order valence-electron chi connectivity index (χ1n) is 6.92. The third-order valence-corrected chi connectivity index (χ3v) is 3.79. The zero-order chi connectivity index (χ0) is 14.5. The van der Waals surface area contributed by atoms with Gasteiger partial charge in [-0.05, 0) is 43.9 Å². The average Bonchev–Trinajstić information content (AvgIpc) is 2.86. The predicted octanol–water partition coefficient (Wildman–Crippen LogP) is 3.51. The third kappa shape index (κ3) is 4.15. The SMILES string of the molecule is COC1CCC(NC(C)c2cccc(OC(F)F)c2)C1. The second kappa shape index (κ2) is 6.99. The molecule has 1 aliphatic carbocycles. The van der Waals surface area contributed by atoms with Crippen molar-refractivity contribution >= 4 is 0 Å². The highest BCUT2D eigenvalue weighted by atomic mass is 19.3. The molecule has 1 saturated carbocycles. The Balaban J connectivity index is 1.93. The summed E-state index contributed by atoms with van der Waals surface area (Å²) >= 11 is 0. The first-order valence-corrected chi connectivity index (χ1v) is 6.92. The summed E-state index contributed by atoms with van der Waals surface area (Å²) < 4.78 is 34.2. The van der Waals surface area contributed by atoms with Gasteiger partial charge in [-0.25, -0.2) is 0 Å². The molecule has 0 radical (unpaired) electrons. The van der Waals surface area contributed by atoms with Crippen LogP contribution in [0.15, 0.2) is 24.3 Å². The van der Waals surface area contributed by atoms with Gasteiger partial charge in [0, 0.05) is 19.2 Å². The van der Waals surface area contributed by atoms with Crippen LogP contribution in [0.2, 0.25) is 0 Å². The Morgan fingerprint density at radius 3 is 2.75 bits per heavy atom. The Morgan fingerprint density at radius 2 is 2.10 bits per heavy atom. The van der Waals surface area contributed by atoms with Crippen LogP contribution >= 0.6 is 0 Å². The molecule has 0 bridgehead atoms. The molecular formula is C15H21F2NO2. The van der Waals surface area contributed by atoms with Crippen LogP contribution in [-0.2, 0) is 4.74 Å². The summed E-state index contributed by atoms with van der Waals surface area (Å²) in [5.41, 5.74) is 0.948. The van der Waals surface area contributed by atoms with Crippen LogP contribution in [0.3, 0.4) is 0 Å². The van der Waals surface area contributed by atoms with Crippen molar-refractivity contribution in [2.45, 2.75) is 51.0 Å². The minimum Gasteiger partial charge on any atom is -0.435 e. The van der Waals surface area contributed by atoms with Crippen LogP contribution in [0, 0.1) is 0 Å². The summed E-state index contributed by atoms with van der Waals surface area (Å²) in [6.45, 7) is -0.757. The molecule has 1 aromatic rings. The molecule has 0 spiro atoms. The van der Waals surface area contributed by atoms with Gasteiger partial charge < -0.3 is 14.8 Å². The Bertz CT molecular complexity index is 428. The van der Waals surface area contributed by atoms with Gasteiger partial charge in [-0.15, -0.1) is 0 Å². The van der Waals surface area contributed by atoms with Gasteiger partial charge in [-0.1, -0.05) is 12.1 Å². The lowest BCUT2D eigenvalue weighted by atomic mass is 10.1. The second-order valence-corrected chi connectivity index (χ2v) is 5.21. The number of ether oxygens (including phenoxy) is 2. The number of benzene rings is 1. The molecule has 3 atom stereocenters. The zero-order valence-electron chi connectivity index (χ0n) is 11.8.